The summed E-state index contributed by atoms with van der Waals surface area (Å²) in [5.74, 6) is 0. The van der Waals surface area contributed by atoms with Crippen molar-refractivity contribution in [2.45, 2.75) is 19.1 Å². The average Bonchev–Trinajstić information content (AvgIpc) is 2.38. The van der Waals surface area contributed by atoms with Crippen molar-refractivity contribution in [1.82, 2.24) is 4.90 Å². The number of benzene rings is 1. The minimum absolute atomic E-state index is 0.398. The SMILES string of the molecule is CC(N1CCN(c2ccccc2N)CC1)C(F)(F)F. The van der Waals surface area contributed by atoms with E-state index in [1.54, 1.807) is 6.07 Å². The standard InChI is InChI=1S/C13H18F3N3/c1-10(13(14,15)16)18-6-8-19(9-7-18)12-5-3-2-4-11(12)17/h2-5,10H,6-9,17H2,1H3. The second-order valence-electron chi connectivity index (χ2n) is 4.80. The summed E-state index contributed by atoms with van der Waals surface area (Å²) >= 11 is 0. The molecule has 0 saturated carbocycles. The second kappa shape index (κ2) is 5.28. The van der Waals surface area contributed by atoms with Crippen LogP contribution in [0.15, 0.2) is 24.3 Å². The molecule has 3 nitrogen and oxygen atoms in total. The molecule has 0 aromatic heterocycles. The van der Waals surface area contributed by atoms with Gasteiger partial charge in [0.1, 0.15) is 6.04 Å². The highest BCUT2D eigenvalue weighted by Gasteiger charge is 2.40. The molecule has 1 saturated heterocycles. The van der Waals surface area contributed by atoms with Crippen molar-refractivity contribution < 1.29 is 13.2 Å². The van der Waals surface area contributed by atoms with Gasteiger partial charge in [0, 0.05) is 26.2 Å². The van der Waals surface area contributed by atoms with E-state index in [4.69, 9.17) is 5.73 Å². The Morgan fingerprint density at radius 3 is 2.21 bits per heavy atom. The Bertz CT molecular complexity index is 425. The Kier molecular flexibility index (Phi) is 3.89. The van der Waals surface area contributed by atoms with Gasteiger partial charge in [-0.25, -0.2) is 0 Å². The predicted octanol–water partition coefficient (Wildman–Crippen LogP) is 2.34. The summed E-state index contributed by atoms with van der Waals surface area (Å²) in [6, 6.07) is 6.05. The Morgan fingerprint density at radius 1 is 1.11 bits per heavy atom. The van der Waals surface area contributed by atoms with E-state index in [-0.39, 0.29) is 0 Å². The van der Waals surface area contributed by atoms with Crippen molar-refractivity contribution in [2.75, 3.05) is 36.8 Å². The molecule has 0 spiro atoms. The van der Waals surface area contributed by atoms with Crippen molar-refractivity contribution in [2.24, 2.45) is 0 Å². The third-order valence-electron chi connectivity index (χ3n) is 3.61. The molecule has 1 aromatic carbocycles. The summed E-state index contributed by atoms with van der Waals surface area (Å²) in [6.07, 6.45) is -4.16. The minimum atomic E-state index is -4.16. The molecule has 2 rings (SSSR count). The average molecular weight is 273 g/mol. The molecule has 19 heavy (non-hydrogen) atoms. The van der Waals surface area contributed by atoms with E-state index in [2.05, 4.69) is 0 Å². The number of piperazine rings is 1. The molecule has 1 aliphatic heterocycles. The van der Waals surface area contributed by atoms with Crippen LogP contribution in [-0.4, -0.2) is 43.3 Å². The number of anilines is 2. The Balaban J connectivity index is 1.98. The zero-order chi connectivity index (χ0) is 14.0. The van der Waals surface area contributed by atoms with E-state index in [1.165, 1.54) is 11.8 Å². The first-order chi connectivity index (χ1) is 8.89. The molecule has 0 amide bonds. The topological polar surface area (TPSA) is 32.5 Å². The first-order valence-corrected chi connectivity index (χ1v) is 6.30. The first kappa shape index (κ1) is 14.0. The molecule has 1 aromatic rings. The fourth-order valence-electron chi connectivity index (χ4n) is 2.33. The van der Waals surface area contributed by atoms with Crippen molar-refractivity contribution in [3.63, 3.8) is 0 Å². The van der Waals surface area contributed by atoms with Gasteiger partial charge in [-0.3, -0.25) is 4.90 Å². The molecule has 1 fully saturated rings. The molecule has 2 N–H and O–H groups in total. The van der Waals surface area contributed by atoms with Crippen LogP contribution in [0.25, 0.3) is 0 Å². The lowest BCUT2D eigenvalue weighted by atomic mass is 10.2. The molecular weight excluding hydrogens is 255 g/mol. The normalized spacial score (nSPS) is 19.5. The number of nitrogens with zero attached hydrogens (tertiary/aromatic N) is 2. The third-order valence-corrected chi connectivity index (χ3v) is 3.61. The van der Waals surface area contributed by atoms with Gasteiger partial charge in [0.05, 0.1) is 11.4 Å². The van der Waals surface area contributed by atoms with Crippen molar-refractivity contribution in [1.29, 1.82) is 0 Å². The van der Waals surface area contributed by atoms with Crippen LogP contribution in [0.3, 0.4) is 0 Å². The van der Waals surface area contributed by atoms with Crippen LogP contribution in [-0.2, 0) is 0 Å². The number of alkyl halides is 3. The number of para-hydroxylation sites is 2. The maximum absolute atomic E-state index is 12.6. The molecule has 106 valence electrons. The summed E-state index contributed by atoms with van der Waals surface area (Å²) in [5, 5.41) is 0. The van der Waals surface area contributed by atoms with Gasteiger partial charge in [0.2, 0.25) is 0 Å². The van der Waals surface area contributed by atoms with Crippen LogP contribution < -0.4 is 10.6 Å². The van der Waals surface area contributed by atoms with Crippen molar-refractivity contribution >= 4 is 11.4 Å². The van der Waals surface area contributed by atoms with E-state index in [1.807, 2.05) is 23.1 Å². The summed E-state index contributed by atoms with van der Waals surface area (Å²) in [5.41, 5.74) is 7.45. The monoisotopic (exact) mass is 273 g/mol. The molecule has 0 bridgehead atoms. The smallest absolute Gasteiger partial charge is 0.397 e. The zero-order valence-corrected chi connectivity index (χ0v) is 10.8. The molecule has 0 radical (unpaired) electrons. The maximum Gasteiger partial charge on any atom is 0.403 e. The van der Waals surface area contributed by atoms with Crippen LogP contribution in [0.4, 0.5) is 24.5 Å². The highest BCUT2D eigenvalue weighted by Crippen LogP contribution is 2.28. The highest BCUT2D eigenvalue weighted by molar-refractivity contribution is 5.67. The Hall–Kier alpha value is -1.43. The molecule has 1 aliphatic rings. The summed E-state index contributed by atoms with van der Waals surface area (Å²) in [4.78, 5) is 3.50. The van der Waals surface area contributed by atoms with Gasteiger partial charge in [0.15, 0.2) is 0 Å². The largest absolute Gasteiger partial charge is 0.403 e. The Morgan fingerprint density at radius 2 is 1.68 bits per heavy atom. The fraction of sp³-hybridized carbons (Fsp3) is 0.538. The predicted molar refractivity (Wildman–Crippen MR) is 70.2 cm³/mol. The van der Waals surface area contributed by atoms with E-state index in [9.17, 15) is 13.2 Å². The van der Waals surface area contributed by atoms with Crippen molar-refractivity contribution in [3.05, 3.63) is 24.3 Å². The summed E-state index contributed by atoms with van der Waals surface area (Å²) in [7, 11) is 0. The number of halogens is 3. The molecule has 1 heterocycles. The van der Waals surface area contributed by atoms with Crippen LogP contribution in [0.5, 0.6) is 0 Å². The summed E-state index contributed by atoms with van der Waals surface area (Å²) in [6.45, 7) is 3.14. The van der Waals surface area contributed by atoms with Gasteiger partial charge in [-0.2, -0.15) is 13.2 Å². The molecule has 1 unspecified atom stereocenters. The van der Waals surface area contributed by atoms with Gasteiger partial charge in [0.25, 0.3) is 0 Å². The third kappa shape index (κ3) is 3.12. The molecular formula is C13H18F3N3. The number of hydrogen-bond acceptors (Lipinski definition) is 3. The fourth-order valence-corrected chi connectivity index (χ4v) is 2.33. The van der Waals surface area contributed by atoms with Gasteiger partial charge in [-0.05, 0) is 19.1 Å². The van der Waals surface area contributed by atoms with Gasteiger partial charge in [-0.1, -0.05) is 12.1 Å². The Labute approximate surface area is 110 Å². The minimum Gasteiger partial charge on any atom is -0.397 e. The van der Waals surface area contributed by atoms with Gasteiger partial charge >= 0.3 is 6.18 Å². The number of nitrogen functional groups attached to an aromatic ring is 1. The molecule has 6 heteroatoms. The van der Waals surface area contributed by atoms with E-state index in [0.29, 0.717) is 31.9 Å². The van der Waals surface area contributed by atoms with Crippen LogP contribution >= 0.6 is 0 Å². The number of nitrogens with two attached hydrogens (primary N) is 1. The van der Waals surface area contributed by atoms with Crippen LogP contribution in [0.1, 0.15) is 6.92 Å². The van der Waals surface area contributed by atoms with E-state index < -0.39 is 12.2 Å². The second-order valence-corrected chi connectivity index (χ2v) is 4.80. The maximum atomic E-state index is 12.6. The first-order valence-electron chi connectivity index (χ1n) is 6.30. The number of hydrogen-bond donors (Lipinski definition) is 1. The molecule has 1 atom stereocenters. The lowest BCUT2D eigenvalue weighted by molar-refractivity contribution is -0.179. The van der Waals surface area contributed by atoms with Gasteiger partial charge in [-0.15, -0.1) is 0 Å². The van der Waals surface area contributed by atoms with E-state index in [0.717, 1.165) is 5.69 Å². The van der Waals surface area contributed by atoms with Gasteiger partial charge < -0.3 is 10.6 Å². The quantitative estimate of drug-likeness (QED) is 0.839. The van der Waals surface area contributed by atoms with Crippen molar-refractivity contribution in [3.8, 4) is 0 Å². The van der Waals surface area contributed by atoms with E-state index >= 15 is 0 Å². The van der Waals surface area contributed by atoms with Crippen LogP contribution in [0.2, 0.25) is 0 Å². The number of rotatable bonds is 2. The lowest BCUT2D eigenvalue weighted by Gasteiger charge is -2.39. The molecule has 0 aliphatic carbocycles. The summed E-state index contributed by atoms with van der Waals surface area (Å²) < 4.78 is 37.9. The highest BCUT2D eigenvalue weighted by atomic mass is 19.4. The van der Waals surface area contributed by atoms with Crippen LogP contribution in [0, 0.1) is 0 Å². The lowest BCUT2D eigenvalue weighted by Crippen LogP contribution is -2.53. The zero-order valence-electron chi connectivity index (χ0n) is 10.8.